The molecular weight excluding hydrogens is 431 g/mol. The van der Waals surface area contributed by atoms with E-state index in [0.717, 1.165) is 5.69 Å². The maximum atomic E-state index is 13.3. The van der Waals surface area contributed by atoms with Crippen LogP contribution in [-0.4, -0.2) is 38.3 Å². The highest BCUT2D eigenvalue weighted by molar-refractivity contribution is 7.88. The standard InChI is InChI=1S/C21H22Cl2N2O3S/c22-17-5-7-19(8-6-17)25-12-10-21(20(25)26)9-2-11-24(15-21)29(27,28)14-16-3-1-4-18(23)13-16/h1,3-8,13H,2,9-12,14-15H2. The minimum Gasteiger partial charge on any atom is -0.312 e. The van der Waals surface area contributed by atoms with Crippen LogP contribution in [0.4, 0.5) is 5.69 Å². The summed E-state index contributed by atoms with van der Waals surface area (Å²) in [4.78, 5) is 15.1. The maximum Gasteiger partial charge on any atom is 0.234 e. The summed E-state index contributed by atoms with van der Waals surface area (Å²) in [5.74, 6) is -0.110. The Labute approximate surface area is 181 Å². The van der Waals surface area contributed by atoms with Crippen LogP contribution in [0.5, 0.6) is 0 Å². The lowest BCUT2D eigenvalue weighted by Crippen LogP contribution is -2.50. The number of amides is 1. The molecule has 1 unspecified atom stereocenters. The van der Waals surface area contributed by atoms with Gasteiger partial charge in [-0.2, -0.15) is 0 Å². The van der Waals surface area contributed by atoms with Crippen LogP contribution in [0.25, 0.3) is 0 Å². The lowest BCUT2D eigenvalue weighted by atomic mass is 9.79. The predicted molar refractivity (Wildman–Crippen MR) is 116 cm³/mol. The molecule has 1 amide bonds. The molecule has 2 heterocycles. The average molecular weight is 453 g/mol. The van der Waals surface area contributed by atoms with Crippen LogP contribution in [0.2, 0.25) is 10.0 Å². The van der Waals surface area contributed by atoms with Gasteiger partial charge in [0.25, 0.3) is 0 Å². The average Bonchev–Trinajstić information content (AvgIpc) is 2.98. The smallest absolute Gasteiger partial charge is 0.234 e. The summed E-state index contributed by atoms with van der Waals surface area (Å²) in [5.41, 5.74) is 0.798. The van der Waals surface area contributed by atoms with E-state index >= 15 is 0 Å². The Kier molecular flexibility index (Phi) is 5.64. The van der Waals surface area contributed by atoms with Gasteiger partial charge in [0.05, 0.1) is 11.2 Å². The summed E-state index contributed by atoms with van der Waals surface area (Å²) < 4.78 is 27.6. The summed E-state index contributed by atoms with van der Waals surface area (Å²) in [6.45, 7) is 1.26. The second kappa shape index (κ2) is 7.91. The summed E-state index contributed by atoms with van der Waals surface area (Å²) in [5, 5.41) is 1.13. The van der Waals surface area contributed by atoms with E-state index in [0.29, 0.717) is 48.0 Å². The highest BCUT2D eigenvalue weighted by Gasteiger charge is 2.50. The van der Waals surface area contributed by atoms with Gasteiger partial charge < -0.3 is 4.90 Å². The van der Waals surface area contributed by atoms with Crippen molar-refractivity contribution in [3.63, 3.8) is 0 Å². The highest BCUT2D eigenvalue weighted by Crippen LogP contribution is 2.42. The zero-order valence-corrected chi connectivity index (χ0v) is 18.2. The number of piperidine rings is 1. The quantitative estimate of drug-likeness (QED) is 0.692. The van der Waals surface area contributed by atoms with Gasteiger partial charge in [0.15, 0.2) is 0 Å². The lowest BCUT2D eigenvalue weighted by Gasteiger charge is -2.38. The molecule has 0 saturated carbocycles. The Balaban J connectivity index is 1.53. The molecule has 0 N–H and O–H groups in total. The third kappa shape index (κ3) is 4.17. The SMILES string of the molecule is O=C1N(c2ccc(Cl)cc2)CCC12CCCN(S(=O)(=O)Cc1cccc(Cl)c1)C2. The molecule has 5 nitrogen and oxygen atoms in total. The zero-order chi connectivity index (χ0) is 20.6. The normalized spacial score (nSPS) is 23.1. The molecule has 8 heteroatoms. The Morgan fingerprint density at radius 3 is 2.45 bits per heavy atom. The Morgan fingerprint density at radius 1 is 0.966 bits per heavy atom. The van der Waals surface area contributed by atoms with Gasteiger partial charge in [0, 0.05) is 35.4 Å². The molecule has 1 spiro atoms. The van der Waals surface area contributed by atoms with E-state index in [1.807, 2.05) is 12.1 Å². The molecule has 2 aromatic rings. The number of benzene rings is 2. The summed E-state index contributed by atoms with van der Waals surface area (Å²) in [6, 6.07) is 14.1. The topological polar surface area (TPSA) is 57.7 Å². The first-order valence-corrected chi connectivity index (χ1v) is 12.0. The van der Waals surface area contributed by atoms with Crippen LogP contribution in [0.3, 0.4) is 0 Å². The number of anilines is 1. The van der Waals surface area contributed by atoms with E-state index < -0.39 is 15.4 Å². The predicted octanol–water partition coefficient (Wildman–Crippen LogP) is 4.34. The molecule has 0 aromatic heterocycles. The van der Waals surface area contributed by atoms with Crippen LogP contribution in [0, 0.1) is 5.41 Å². The fraction of sp³-hybridized carbons (Fsp3) is 0.381. The van der Waals surface area contributed by atoms with E-state index in [2.05, 4.69) is 0 Å². The number of rotatable bonds is 4. The van der Waals surface area contributed by atoms with Gasteiger partial charge in [0.2, 0.25) is 15.9 Å². The van der Waals surface area contributed by atoms with Crippen molar-refractivity contribution in [2.45, 2.75) is 25.0 Å². The number of carbonyl (C=O) groups excluding carboxylic acids is 1. The first-order chi connectivity index (χ1) is 13.8. The first kappa shape index (κ1) is 20.7. The number of hydrogen-bond donors (Lipinski definition) is 0. The van der Waals surface area contributed by atoms with Crippen molar-refractivity contribution in [2.24, 2.45) is 5.41 Å². The van der Waals surface area contributed by atoms with Crippen LogP contribution in [0.1, 0.15) is 24.8 Å². The van der Waals surface area contributed by atoms with E-state index in [4.69, 9.17) is 23.2 Å². The molecule has 0 bridgehead atoms. The van der Waals surface area contributed by atoms with Crippen molar-refractivity contribution in [3.8, 4) is 0 Å². The monoisotopic (exact) mass is 452 g/mol. The van der Waals surface area contributed by atoms with Crippen molar-refractivity contribution in [3.05, 3.63) is 64.1 Å². The lowest BCUT2D eigenvalue weighted by molar-refractivity contribution is -0.127. The minimum absolute atomic E-state index is 0.00229. The maximum absolute atomic E-state index is 13.3. The third-order valence-corrected chi connectivity index (χ3v) is 8.11. The van der Waals surface area contributed by atoms with Crippen LogP contribution >= 0.6 is 23.2 Å². The van der Waals surface area contributed by atoms with E-state index in [-0.39, 0.29) is 18.2 Å². The van der Waals surface area contributed by atoms with Crippen LogP contribution in [0.15, 0.2) is 48.5 Å². The molecule has 0 aliphatic carbocycles. The first-order valence-electron chi connectivity index (χ1n) is 9.59. The van der Waals surface area contributed by atoms with Gasteiger partial charge in [0.1, 0.15) is 0 Å². The summed E-state index contributed by atoms with van der Waals surface area (Å²) in [6.07, 6.45) is 2.03. The fourth-order valence-electron chi connectivity index (χ4n) is 4.32. The molecule has 2 aromatic carbocycles. The minimum atomic E-state index is -3.54. The summed E-state index contributed by atoms with van der Waals surface area (Å²) in [7, 11) is -3.54. The van der Waals surface area contributed by atoms with E-state index in [1.165, 1.54) is 4.31 Å². The third-order valence-electron chi connectivity index (χ3n) is 5.82. The van der Waals surface area contributed by atoms with E-state index in [1.54, 1.807) is 41.3 Å². The Hall–Kier alpha value is -1.60. The van der Waals surface area contributed by atoms with Crippen LogP contribution in [-0.2, 0) is 20.6 Å². The molecule has 2 saturated heterocycles. The van der Waals surface area contributed by atoms with Crippen molar-refractivity contribution in [1.82, 2.24) is 4.31 Å². The molecular formula is C21H22Cl2N2O3S. The van der Waals surface area contributed by atoms with Gasteiger partial charge in [-0.25, -0.2) is 12.7 Å². The molecule has 2 aliphatic rings. The fourth-order valence-corrected chi connectivity index (χ4v) is 6.30. The second-order valence-corrected chi connectivity index (χ2v) is 10.6. The van der Waals surface area contributed by atoms with Crippen molar-refractivity contribution in [1.29, 1.82) is 0 Å². The summed E-state index contributed by atoms with van der Waals surface area (Å²) >= 11 is 12.0. The number of halogens is 2. The number of nitrogens with zero attached hydrogens (tertiary/aromatic N) is 2. The zero-order valence-electron chi connectivity index (χ0n) is 15.9. The molecule has 2 fully saturated rings. The highest BCUT2D eigenvalue weighted by atomic mass is 35.5. The molecule has 154 valence electrons. The van der Waals surface area contributed by atoms with E-state index in [9.17, 15) is 13.2 Å². The molecule has 2 aliphatic heterocycles. The Morgan fingerprint density at radius 2 is 1.72 bits per heavy atom. The van der Waals surface area contributed by atoms with Gasteiger partial charge in [-0.05, 0) is 61.2 Å². The largest absolute Gasteiger partial charge is 0.312 e. The van der Waals surface area contributed by atoms with Gasteiger partial charge in [-0.1, -0.05) is 35.3 Å². The van der Waals surface area contributed by atoms with Gasteiger partial charge >= 0.3 is 0 Å². The Bertz CT molecular complexity index is 1030. The van der Waals surface area contributed by atoms with Crippen LogP contribution < -0.4 is 4.90 Å². The number of carbonyl (C=O) groups is 1. The van der Waals surface area contributed by atoms with Crippen molar-refractivity contribution >= 4 is 44.8 Å². The van der Waals surface area contributed by atoms with Gasteiger partial charge in [-0.3, -0.25) is 4.79 Å². The molecule has 4 rings (SSSR count). The van der Waals surface area contributed by atoms with Crippen molar-refractivity contribution in [2.75, 3.05) is 24.5 Å². The number of hydrogen-bond acceptors (Lipinski definition) is 3. The molecule has 1 atom stereocenters. The molecule has 0 radical (unpaired) electrons. The second-order valence-electron chi connectivity index (χ2n) is 7.79. The number of sulfonamides is 1. The van der Waals surface area contributed by atoms with Gasteiger partial charge in [-0.15, -0.1) is 0 Å². The van der Waals surface area contributed by atoms with Crippen molar-refractivity contribution < 1.29 is 13.2 Å². The molecule has 29 heavy (non-hydrogen) atoms.